The molecule has 3 aromatic rings. The summed E-state index contributed by atoms with van der Waals surface area (Å²) in [5, 5.41) is 0.497. The van der Waals surface area contributed by atoms with Crippen molar-refractivity contribution in [2.45, 2.75) is 19.3 Å². The van der Waals surface area contributed by atoms with E-state index < -0.39 is 35.0 Å². The largest absolute Gasteiger partial charge is 0.416 e. The zero-order chi connectivity index (χ0) is 24.7. The number of carbonyl (C=O) groups is 1. The number of aromatic nitrogens is 1. The van der Waals surface area contributed by atoms with Crippen LogP contribution in [-0.2, 0) is 12.4 Å². The summed E-state index contributed by atoms with van der Waals surface area (Å²) < 4.78 is 80.3. The quantitative estimate of drug-likeness (QED) is 0.368. The topological polar surface area (TPSA) is 36.4 Å². The molecule has 2 aromatic carbocycles. The highest BCUT2D eigenvalue weighted by molar-refractivity contribution is 7.23. The van der Waals surface area contributed by atoms with E-state index >= 15 is 0 Å². The first-order valence-electron chi connectivity index (χ1n) is 9.50. The summed E-state index contributed by atoms with van der Waals surface area (Å²) in [6.07, 6.45) is -10.1. The van der Waals surface area contributed by atoms with Gasteiger partial charge in [0.15, 0.2) is 5.13 Å². The standard InChI is InChI=1S/C21H18ClF6N3OS/c1-11-4-5-15(22)17-16(11)29-19(33-17)31(7-6-30(2)3)18(32)12-8-13(20(23,24)25)10-14(9-12)21(26,27)28/h4-5,8-10H,6-7H2,1-3H3. The van der Waals surface area contributed by atoms with E-state index in [1.807, 2.05) is 0 Å². The smallest absolute Gasteiger partial charge is 0.308 e. The summed E-state index contributed by atoms with van der Waals surface area (Å²) in [5.41, 5.74) is -2.59. The summed E-state index contributed by atoms with van der Waals surface area (Å²) >= 11 is 7.26. The molecule has 0 bridgehead atoms. The highest BCUT2D eigenvalue weighted by atomic mass is 35.5. The van der Waals surface area contributed by atoms with Gasteiger partial charge in [-0.25, -0.2) is 4.98 Å². The number of benzene rings is 2. The predicted molar refractivity (Wildman–Crippen MR) is 116 cm³/mol. The van der Waals surface area contributed by atoms with Crippen molar-refractivity contribution in [2.24, 2.45) is 0 Å². The summed E-state index contributed by atoms with van der Waals surface area (Å²) in [7, 11) is 3.43. The molecule has 0 spiro atoms. The van der Waals surface area contributed by atoms with Gasteiger partial charge in [-0.1, -0.05) is 29.0 Å². The van der Waals surface area contributed by atoms with Gasteiger partial charge in [0.2, 0.25) is 0 Å². The average Bonchev–Trinajstić information content (AvgIpc) is 3.15. The van der Waals surface area contributed by atoms with Crippen LogP contribution in [0.2, 0.25) is 5.02 Å². The molecule has 1 heterocycles. The van der Waals surface area contributed by atoms with Gasteiger partial charge in [-0.2, -0.15) is 26.3 Å². The fourth-order valence-electron chi connectivity index (χ4n) is 3.02. The minimum absolute atomic E-state index is 0.0121. The molecule has 0 saturated carbocycles. The van der Waals surface area contributed by atoms with Crippen molar-refractivity contribution >= 4 is 44.2 Å². The Labute approximate surface area is 194 Å². The first-order chi connectivity index (χ1) is 15.2. The number of amides is 1. The van der Waals surface area contributed by atoms with Crippen molar-refractivity contribution in [3.8, 4) is 0 Å². The Morgan fingerprint density at radius 3 is 2.06 bits per heavy atom. The van der Waals surface area contributed by atoms with Gasteiger partial charge in [0.25, 0.3) is 5.91 Å². The number of fused-ring (bicyclic) bond motifs is 1. The number of halogens is 7. The van der Waals surface area contributed by atoms with Crippen LogP contribution in [0.25, 0.3) is 10.2 Å². The van der Waals surface area contributed by atoms with Gasteiger partial charge >= 0.3 is 12.4 Å². The second-order valence-corrected chi connectivity index (χ2v) is 8.98. The predicted octanol–water partition coefficient (Wildman–Crippen LogP) is 6.50. The van der Waals surface area contributed by atoms with Crippen molar-refractivity contribution < 1.29 is 31.1 Å². The number of anilines is 1. The lowest BCUT2D eigenvalue weighted by Crippen LogP contribution is -2.37. The highest BCUT2D eigenvalue weighted by Gasteiger charge is 2.38. The molecule has 1 aromatic heterocycles. The number of alkyl halides is 6. The van der Waals surface area contributed by atoms with E-state index in [4.69, 9.17) is 11.6 Å². The molecule has 0 aliphatic rings. The van der Waals surface area contributed by atoms with E-state index in [-0.39, 0.29) is 17.7 Å². The number of nitrogens with zero attached hydrogens (tertiary/aromatic N) is 3. The first-order valence-corrected chi connectivity index (χ1v) is 10.7. The van der Waals surface area contributed by atoms with Crippen LogP contribution < -0.4 is 4.90 Å². The van der Waals surface area contributed by atoms with Gasteiger partial charge in [0.1, 0.15) is 0 Å². The number of hydrogen-bond donors (Lipinski definition) is 0. The van der Waals surface area contributed by atoms with Crippen LogP contribution in [0.4, 0.5) is 31.5 Å². The van der Waals surface area contributed by atoms with Crippen LogP contribution in [0.5, 0.6) is 0 Å². The molecular weight excluding hydrogens is 492 g/mol. The summed E-state index contributed by atoms with van der Waals surface area (Å²) in [6, 6.07) is 4.21. The van der Waals surface area contributed by atoms with Crippen LogP contribution in [0.3, 0.4) is 0 Å². The molecule has 3 rings (SSSR count). The molecule has 4 nitrogen and oxygen atoms in total. The highest BCUT2D eigenvalue weighted by Crippen LogP contribution is 2.38. The van der Waals surface area contributed by atoms with Gasteiger partial charge in [0.05, 0.1) is 26.4 Å². The SMILES string of the molecule is Cc1ccc(Cl)c2sc(N(CCN(C)C)C(=O)c3cc(C(F)(F)F)cc(C(F)(F)F)c3)nc12. The molecule has 1 amide bonds. The Morgan fingerprint density at radius 1 is 1.00 bits per heavy atom. The maximum Gasteiger partial charge on any atom is 0.416 e. The Kier molecular flexibility index (Phi) is 6.97. The minimum Gasteiger partial charge on any atom is -0.308 e. The number of thiazole rings is 1. The van der Waals surface area contributed by atoms with Crippen molar-refractivity contribution in [3.63, 3.8) is 0 Å². The molecule has 0 fully saturated rings. The first kappa shape index (κ1) is 25.3. The van der Waals surface area contributed by atoms with Crippen molar-refractivity contribution in [1.29, 1.82) is 0 Å². The normalized spacial score (nSPS) is 12.6. The Bertz CT molecular complexity index is 1120. The van der Waals surface area contributed by atoms with Crippen molar-refractivity contribution in [1.82, 2.24) is 9.88 Å². The summed E-state index contributed by atoms with van der Waals surface area (Å²) in [6.45, 7) is 2.05. The van der Waals surface area contributed by atoms with Gasteiger partial charge in [0, 0.05) is 18.7 Å². The number of carbonyl (C=O) groups excluding carboxylic acids is 1. The van der Waals surface area contributed by atoms with Crippen LogP contribution in [0.15, 0.2) is 30.3 Å². The van der Waals surface area contributed by atoms with E-state index in [1.54, 1.807) is 38.1 Å². The molecule has 33 heavy (non-hydrogen) atoms. The zero-order valence-electron chi connectivity index (χ0n) is 17.6. The fraction of sp³-hybridized carbons (Fsp3) is 0.333. The minimum atomic E-state index is -5.06. The van der Waals surface area contributed by atoms with Crippen LogP contribution in [-0.4, -0.2) is 43.0 Å². The monoisotopic (exact) mass is 509 g/mol. The molecule has 178 valence electrons. The maximum absolute atomic E-state index is 13.3. The number of hydrogen-bond acceptors (Lipinski definition) is 4. The van der Waals surface area contributed by atoms with E-state index in [0.29, 0.717) is 33.9 Å². The molecule has 0 unspecified atom stereocenters. The Balaban J connectivity index is 2.15. The van der Waals surface area contributed by atoms with Crippen molar-refractivity contribution in [2.75, 3.05) is 32.1 Å². The Hall–Kier alpha value is -2.37. The fourth-order valence-corrected chi connectivity index (χ4v) is 4.37. The van der Waals surface area contributed by atoms with Crippen LogP contribution in [0.1, 0.15) is 27.0 Å². The molecule has 0 N–H and O–H groups in total. The lowest BCUT2D eigenvalue weighted by atomic mass is 10.0. The lowest BCUT2D eigenvalue weighted by molar-refractivity contribution is -0.143. The Morgan fingerprint density at radius 2 is 1.58 bits per heavy atom. The number of aryl methyl sites for hydroxylation is 1. The van der Waals surface area contributed by atoms with Crippen molar-refractivity contribution in [3.05, 3.63) is 57.6 Å². The van der Waals surface area contributed by atoms with E-state index in [2.05, 4.69) is 4.98 Å². The lowest BCUT2D eigenvalue weighted by Gasteiger charge is -2.23. The second kappa shape index (κ2) is 9.11. The van der Waals surface area contributed by atoms with E-state index in [9.17, 15) is 31.1 Å². The molecule has 0 atom stereocenters. The molecule has 12 heteroatoms. The molecule has 0 aliphatic heterocycles. The zero-order valence-corrected chi connectivity index (χ0v) is 19.2. The number of rotatable bonds is 5. The van der Waals surface area contributed by atoms with Gasteiger partial charge in [-0.3, -0.25) is 9.69 Å². The number of likely N-dealkylation sites (N-methyl/N-ethyl adjacent to an activating group) is 1. The van der Waals surface area contributed by atoms with E-state index in [0.717, 1.165) is 21.8 Å². The maximum atomic E-state index is 13.3. The average molecular weight is 510 g/mol. The third kappa shape index (κ3) is 5.59. The third-order valence-electron chi connectivity index (χ3n) is 4.77. The molecule has 0 saturated heterocycles. The molecule has 0 aliphatic carbocycles. The summed E-state index contributed by atoms with van der Waals surface area (Å²) in [5.74, 6) is -1.03. The van der Waals surface area contributed by atoms with Crippen LogP contribution in [0, 0.1) is 6.92 Å². The van der Waals surface area contributed by atoms with Gasteiger partial charge < -0.3 is 4.90 Å². The summed E-state index contributed by atoms with van der Waals surface area (Å²) in [4.78, 5) is 20.5. The van der Waals surface area contributed by atoms with Gasteiger partial charge in [-0.05, 0) is 50.8 Å². The van der Waals surface area contributed by atoms with E-state index in [1.165, 1.54) is 0 Å². The molecule has 0 radical (unpaired) electrons. The van der Waals surface area contributed by atoms with Gasteiger partial charge in [-0.15, -0.1) is 0 Å². The third-order valence-corrected chi connectivity index (χ3v) is 6.31. The second-order valence-electron chi connectivity index (χ2n) is 7.59. The molecular formula is C21H18ClF6N3OS. The van der Waals surface area contributed by atoms with Crippen LogP contribution >= 0.6 is 22.9 Å².